The van der Waals surface area contributed by atoms with Crippen molar-refractivity contribution >= 4 is 0 Å². The molecule has 0 N–H and O–H groups in total. The fourth-order valence-corrected chi connectivity index (χ4v) is 2.54. The van der Waals surface area contributed by atoms with Crippen molar-refractivity contribution in [1.82, 2.24) is 4.98 Å². The number of aromatic nitrogens is 1. The van der Waals surface area contributed by atoms with Crippen molar-refractivity contribution in [2.75, 3.05) is 0 Å². The molecule has 1 heteroatoms. The van der Waals surface area contributed by atoms with Crippen LogP contribution in [0.5, 0.6) is 0 Å². The lowest BCUT2D eigenvalue weighted by Crippen LogP contribution is -1.85. The van der Waals surface area contributed by atoms with E-state index in [0.29, 0.717) is 17.8 Å². The van der Waals surface area contributed by atoms with Crippen molar-refractivity contribution in [2.45, 2.75) is 66.2 Å². The third kappa shape index (κ3) is 9.50. The molecule has 0 saturated heterocycles. The van der Waals surface area contributed by atoms with Gasteiger partial charge in [0.2, 0.25) is 0 Å². The van der Waals surface area contributed by atoms with E-state index in [9.17, 15) is 0 Å². The number of nitrogens with zero attached hydrogens (tertiary/aromatic N) is 1. The van der Waals surface area contributed by atoms with E-state index in [1.165, 1.54) is 22.3 Å². The van der Waals surface area contributed by atoms with E-state index in [4.69, 9.17) is 0 Å². The lowest BCUT2D eigenvalue weighted by atomic mass is 10.0. The van der Waals surface area contributed by atoms with Gasteiger partial charge >= 0.3 is 0 Å². The maximum atomic E-state index is 3.93. The fourth-order valence-electron chi connectivity index (χ4n) is 2.54. The Balaban J connectivity index is 0.000000210. The minimum atomic E-state index is 0.619. The molecule has 0 atom stereocenters. The predicted octanol–water partition coefficient (Wildman–Crippen LogP) is 8.13. The van der Waals surface area contributed by atoms with Crippen molar-refractivity contribution in [3.8, 4) is 0 Å². The van der Waals surface area contributed by atoms with Crippen LogP contribution in [0.3, 0.4) is 0 Å². The SMILES string of the molecule is CC(C)c1ccccc1.CC(C)c1ccncc1.Cc1ccc(C(C)C)cc1. The molecular weight excluding hydrogens is 338 g/mol. The van der Waals surface area contributed by atoms with Gasteiger partial charge < -0.3 is 0 Å². The molecule has 0 saturated carbocycles. The summed E-state index contributed by atoms with van der Waals surface area (Å²) in [6, 6.07) is 23.3. The van der Waals surface area contributed by atoms with Gasteiger partial charge in [0.05, 0.1) is 0 Å². The van der Waals surface area contributed by atoms with E-state index in [1.807, 2.05) is 30.6 Å². The molecular formula is C27H37N. The number of hydrogen-bond donors (Lipinski definition) is 0. The molecule has 0 spiro atoms. The number of aryl methyl sites for hydroxylation is 1. The van der Waals surface area contributed by atoms with Crippen LogP contribution in [-0.2, 0) is 0 Å². The Kier molecular flexibility index (Phi) is 10.9. The Morgan fingerprint density at radius 2 is 0.893 bits per heavy atom. The molecule has 0 fully saturated rings. The van der Waals surface area contributed by atoms with E-state index < -0.39 is 0 Å². The van der Waals surface area contributed by atoms with Gasteiger partial charge in [-0.2, -0.15) is 0 Å². The molecule has 0 radical (unpaired) electrons. The molecule has 28 heavy (non-hydrogen) atoms. The summed E-state index contributed by atoms with van der Waals surface area (Å²) in [5.74, 6) is 1.93. The van der Waals surface area contributed by atoms with E-state index in [2.05, 4.69) is 102 Å². The third-order valence-electron chi connectivity index (χ3n) is 4.58. The summed E-state index contributed by atoms with van der Waals surface area (Å²) in [7, 11) is 0. The zero-order valence-corrected chi connectivity index (χ0v) is 18.7. The minimum absolute atomic E-state index is 0.619. The number of benzene rings is 2. The van der Waals surface area contributed by atoms with Crippen LogP contribution in [-0.4, -0.2) is 4.98 Å². The highest BCUT2D eigenvalue weighted by Gasteiger charge is 1.96. The molecule has 0 aliphatic carbocycles. The minimum Gasteiger partial charge on any atom is -0.265 e. The molecule has 0 amide bonds. The lowest BCUT2D eigenvalue weighted by Gasteiger charge is -2.03. The second kappa shape index (κ2) is 12.9. The van der Waals surface area contributed by atoms with Crippen molar-refractivity contribution < 1.29 is 0 Å². The van der Waals surface area contributed by atoms with E-state index in [-0.39, 0.29) is 0 Å². The van der Waals surface area contributed by atoms with Gasteiger partial charge in [0, 0.05) is 12.4 Å². The molecule has 0 unspecified atom stereocenters. The second-order valence-corrected chi connectivity index (χ2v) is 8.07. The first kappa shape index (κ1) is 23.6. The Bertz CT molecular complexity index is 698. The highest BCUT2D eigenvalue weighted by atomic mass is 14.6. The van der Waals surface area contributed by atoms with Crippen LogP contribution in [0, 0.1) is 6.92 Å². The molecule has 0 aliphatic heterocycles. The lowest BCUT2D eigenvalue weighted by molar-refractivity contribution is 0.863. The van der Waals surface area contributed by atoms with Crippen molar-refractivity contribution in [3.63, 3.8) is 0 Å². The first-order valence-electron chi connectivity index (χ1n) is 10.3. The van der Waals surface area contributed by atoms with Crippen molar-refractivity contribution in [2.24, 2.45) is 0 Å². The quantitative estimate of drug-likeness (QED) is 0.450. The van der Waals surface area contributed by atoms with E-state index in [0.717, 1.165) is 0 Å². The predicted molar refractivity (Wildman–Crippen MR) is 124 cm³/mol. The first-order chi connectivity index (χ1) is 13.3. The van der Waals surface area contributed by atoms with Crippen LogP contribution in [0.1, 0.15) is 81.5 Å². The zero-order chi connectivity index (χ0) is 20.9. The summed E-state index contributed by atoms with van der Waals surface area (Å²) in [6.07, 6.45) is 3.66. The van der Waals surface area contributed by atoms with E-state index in [1.54, 1.807) is 0 Å². The zero-order valence-electron chi connectivity index (χ0n) is 18.7. The molecule has 0 aliphatic rings. The average Bonchev–Trinajstić information content (AvgIpc) is 2.70. The summed E-state index contributed by atoms with van der Waals surface area (Å²) in [5.41, 5.74) is 5.53. The van der Waals surface area contributed by atoms with Crippen molar-refractivity contribution in [1.29, 1.82) is 0 Å². The first-order valence-corrected chi connectivity index (χ1v) is 10.3. The Labute approximate surface area is 172 Å². The van der Waals surface area contributed by atoms with Crippen LogP contribution >= 0.6 is 0 Å². The fraction of sp³-hybridized carbons (Fsp3) is 0.370. The van der Waals surface area contributed by atoms with Crippen LogP contribution in [0.4, 0.5) is 0 Å². The highest BCUT2D eigenvalue weighted by molar-refractivity contribution is 5.23. The van der Waals surface area contributed by atoms with Crippen LogP contribution in [0.25, 0.3) is 0 Å². The molecule has 1 nitrogen and oxygen atoms in total. The number of pyridine rings is 1. The largest absolute Gasteiger partial charge is 0.265 e. The maximum Gasteiger partial charge on any atom is 0.0270 e. The average molecular weight is 376 g/mol. The van der Waals surface area contributed by atoms with Crippen LogP contribution in [0.2, 0.25) is 0 Å². The number of rotatable bonds is 3. The Hall–Kier alpha value is -2.41. The van der Waals surface area contributed by atoms with Gasteiger partial charge in [-0.3, -0.25) is 4.98 Å². The van der Waals surface area contributed by atoms with Crippen LogP contribution < -0.4 is 0 Å². The van der Waals surface area contributed by atoms with Crippen LogP contribution in [0.15, 0.2) is 79.1 Å². The molecule has 150 valence electrons. The van der Waals surface area contributed by atoms with Gasteiger partial charge in [-0.1, -0.05) is 102 Å². The smallest absolute Gasteiger partial charge is 0.0270 e. The third-order valence-corrected chi connectivity index (χ3v) is 4.58. The normalized spacial score (nSPS) is 10.2. The highest BCUT2D eigenvalue weighted by Crippen LogP contribution is 2.14. The van der Waals surface area contributed by atoms with Gasteiger partial charge in [0.1, 0.15) is 0 Å². The van der Waals surface area contributed by atoms with Gasteiger partial charge in [0.25, 0.3) is 0 Å². The summed E-state index contributed by atoms with van der Waals surface area (Å²) in [5, 5.41) is 0. The number of hydrogen-bond acceptors (Lipinski definition) is 1. The molecule has 3 rings (SSSR count). The Morgan fingerprint density at radius 3 is 1.25 bits per heavy atom. The summed E-state index contributed by atoms with van der Waals surface area (Å²) >= 11 is 0. The van der Waals surface area contributed by atoms with Gasteiger partial charge in [-0.25, -0.2) is 0 Å². The Morgan fingerprint density at radius 1 is 0.500 bits per heavy atom. The molecule has 3 aromatic rings. The van der Waals surface area contributed by atoms with E-state index >= 15 is 0 Å². The molecule has 1 aromatic heterocycles. The van der Waals surface area contributed by atoms with Gasteiger partial charge in [0.15, 0.2) is 0 Å². The summed E-state index contributed by atoms with van der Waals surface area (Å²) in [4.78, 5) is 3.93. The monoisotopic (exact) mass is 375 g/mol. The van der Waals surface area contributed by atoms with Gasteiger partial charge in [-0.05, 0) is 53.5 Å². The topological polar surface area (TPSA) is 12.9 Å². The molecule has 1 heterocycles. The standard InChI is InChI=1S/C10H14.C9H12.C8H11N/c1-8(2)10-6-4-9(3)5-7-10;1-8(2)9-6-4-3-5-7-9;1-7(2)8-3-5-9-6-4-8/h4-8H,1-3H3;3-8H,1-2H3;3-7H,1-2H3. The second-order valence-electron chi connectivity index (χ2n) is 8.07. The molecule has 0 bridgehead atoms. The molecule has 2 aromatic carbocycles. The summed E-state index contributed by atoms with van der Waals surface area (Å²) in [6.45, 7) is 15.3. The summed E-state index contributed by atoms with van der Waals surface area (Å²) < 4.78 is 0. The van der Waals surface area contributed by atoms with Crippen molar-refractivity contribution in [3.05, 3.63) is 101 Å². The van der Waals surface area contributed by atoms with Gasteiger partial charge in [-0.15, -0.1) is 0 Å². The maximum absolute atomic E-state index is 3.93.